The van der Waals surface area contributed by atoms with Crippen LogP contribution in [-0.2, 0) is 0 Å². The van der Waals surface area contributed by atoms with E-state index in [1.54, 1.807) is 25.1 Å². The highest BCUT2D eigenvalue weighted by molar-refractivity contribution is 5.95. The molecule has 1 amide bonds. The summed E-state index contributed by atoms with van der Waals surface area (Å²) in [6, 6.07) is 4.96. The molecule has 1 aromatic rings. The van der Waals surface area contributed by atoms with Gasteiger partial charge in [-0.25, -0.2) is 0 Å². The minimum Gasteiger partial charge on any atom is -0.352 e. The van der Waals surface area contributed by atoms with Crippen molar-refractivity contribution in [2.45, 2.75) is 13.8 Å². The van der Waals surface area contributed by atoms with E-state index in [0.717, 1.165) is 5.56 Å². The smallest absolute Gasteiger partial charge is 0.251 e. The molecule has 0 atom stereocenters. The Balaban J connectivity index is 3.02. The molecular formula is C10H12N4O. The van der Waals surface area contributed by atoms with Crippen molar-refractivity contribution in [1.82, 2.24) is 5.32 Å². The molecule has 5 heteroatoms. The molecular weight excluding hydrogens is 192 g/mol. The van der Waals surface area contributed by atoms with Crippen LogP contribution in [0.3, 0.4) is 0 Å². The Morgan fingerprint density at radius 1 is 1.60 bits per heavy atom. The van der Waals surface area contributed by atoms with Crippen LogP contribution in [0.5, 0.6) is 0 Å². The van der Waals surface area contributed by atoms with Gasteiger partial charge in [0.15, 0.2) is 0 Å². The van der Waals surface area contributed by atoms with Crippen molar-refractivity contribution >= 4 is 11.6 Å². The summed E-state index contributed by atoms with van der Waals surface area (Å²) in [6.07, 6.45) is 0. The van der Waals surface area contributed by atoms with Gasteiger partial charge in [0.2, 0.25) is 0 Å². The van der Waals surface area contributed by atoms with Crippen LogP contribution in [0, 0.1) is 6.92 Å². The second kappa shape index (κ2) is 5.02. The Labute approximate surface area is 87.7 Å². The second-order valence-electron chi connectivity index (χ2n) is 3.05. The largest absolute Gasteiger partial charge is 0.352 e. The molecule has 0 saturated heterocycles. The zero-order valence-corrected chi connectivity index (χ0v) is 8.69. The second-order valence-corrected chi connectivity index (χ2v) is 3.05. The first-order valence-corrected chi connectivity index (χ1v) is 4.63. The van der Waals surface area contributed by atoms with Crippen molar-refractivity contribution in [2.24, 2.45) is 5.11 Å². The lowest BCUT2D eigenvalue weighted by Crippen LogP contribution is -2.23. The maximum absolute atomic E-state index is 11.5. The number of rotatable bonds is 3. The van der Waals surface area contributed by atoms with Gasteiger partial charge in [-0.3, -0.25) is 4.79 Å². The van der Waals surface area contributed by atoms with Crippen molar-refractivity contribution < 1.29 is 4.79 Å². The first-order chi connectivity index (χ1) is 7.19. The van der Waals surface area contributed by atoms with Crippen LogP contribution in [0.25, 0.3) is 10.4 Å². The third-order valence-electron chi connectivity index (χ3n) is 1.95. The predicted molar refractivity (Wildman–Crippen MR) is 58.0 cm³/mol. The number of hydrogen-bond donors (Lipinski definition) is 1. The Bertz CT molecular complexity index is 421. The highest BCUT2D eigenvalue weighted by atomic mass is 16.1. The van der Waals surface area contributed by atoms with Crippen LogP contribution in [-0.4, -0.2) is 12.5 Å². The van der Waals surface area contributed by atoms with Crippen molar-refractivity contribution in [1.29, 1.82) is 0 Å². The average molecular weight is 204 g/mol. The molecule has 0 unspecified atom stereocenters. The lowest BCUT2D eigenvalue weighted by atomic mass is 10.1. The van der Waals surface area contributed by atoms with Gasteiger partial charge in [-0.1, -0.05) is 11.2 Å². The minimum absolute atomic E-state index is 0.109. The van der Waals surface area contributed by atoms with Crippen molar-refractivity contribution in [2.75, 3.05) is 6.54 Å². The highest BCUT2D eigenvalue weighted by Crippen LogP contribution is 2.17. The lowest BCUT2D eigenvalue weighted by molar-refractivity contribution is 0.0955. The van der Waals surface area contributed by atoms with E-state index >= 15 is 0 Å². The van der Waals surface area contributed by atoms with E-state index in [1.807, 2.05) is 6.92 Å². The first-order valence-electron chi connectivity index (χ1n) is 4.63. The van der Waals surface area contributed by atoms with Gasteiger partial charge in [0.1, 0.15) is 0 Å². The normalized spacial score (nSPS) is 9.20. The van der Waals surface area contributed by atoms with Gasteiger partial charge < -0.3 is 5.32 Å². The van der Waals surface area contributed by atoms with E-state index in [1.165, 1.54) is 0 Å². The molecule has 0 aliphatic carbocycles. The van der Waals surface area contributed by atoms with Gasteiger partial charge >= 0.3 is 0 Å². The molecule has 15 heavy (non-hydrogen) atoms. The molecule has 1 rings (SSSR count). The molecule has 0 bridgehead atoms. The molecule has 0 radical (unpaired) electrons. The number of benzene rings is 1. The summed E-state index contributed by atoms with van der Waals surface area (Å²) in [5.41, 5.74) is 10.2. The fourth-order valence-electron chi connectivity index (χ4n) is 1.27. The predicted octanol–water partition coefficient (Wildman–Crippen LogP) is 2.69. The maximum atomic E-state index is 11.5. The van der Waals surface area contributed by atoms with Crippen LogP contribution in [0.1, 0.15) is 22.8 Å². The van der Waals surface area contributed by atoms with Crippen molar-refractivity contribution in [3.05, 3.63) is 39.8 Å². The lowest BCUT2D eigenvalue weighted by Gasteiger charge is -2.05. The molecule has 5 nitrogen and oxygen atoms in total. The maximum Gasteiger partial charge on any atom is 0.251 e. The van der Waals surface area contributed by atoms with E-state index in [2.05, 4.69) is 15.3 Å². The SMILES string of the molecule is CCNC(=O)c1ccc(N=[N+]=[N-])cc1C. The van der Waals surface area contributed by atoms with Gasteiger partial charge in [0, 0.05) is 22.7 Å². The Kier molecular flexibility index (Phi) is 3.71. The van der Waals surface area contributed by atoms with E-state index < -0.39 is 0 Å². The standard InChI is InChI=1S/C10H12N4O/c1-3-12-10(15)9-5-4-8(13-14-11)6-7(9)2/h4-6H,3H2,1-2H3,(H,12,15). The summed E-state index contributed by atoms with van der Waals surface area (Å²) in [4.78, 5) is 14.2. The van der Waals surface area contributed by atoms with E-state index in [9.17, 15) is 4.79 Å². The molecule has 0 aliphatic rings. The number of carbonyl (C=O) groups is 1. The average Bonchev–Trinajstić information content (AvgIpc) is 2.18. The topological polar surface area (TPSA) is 77.9 Å². The van der Waals surface area contributed by atoms with E-state index in [4.69, 9.17) is 5.53 Å². The van der Waals surface area contributed by atoms with Crippen LogP contribution in [0.2, 0.25) is 0 Å². The van der Waals surface area contributed by atoms with Crippen LogP contribution < -0.4 is 5.32 Å². The number of nitrogens with zero attached hydrogens (tertiary/aromatic N) is 3. The molecule has 0 aliphatic heterocycles. The van der Waals surface area contributed by atoms with Gasteiger partial charge in [0.25, 0.3) is 5.91 Å². The molecule has 0 aromatic heterocycles. The highest BCUT2D eigenvalue weighted by Gasteiger charge is 2.07. The van der Waals surface area contributed by atoms with Crippen LogP contribution >= 0.6 is 0 Å². The van der Waals surface area contributed by atoms with Crippen molar-refractivity contribution in [3.8, 4) is 0 Å². The molecule has 1 aromatic carbocycles. The zero-order valence-electron chi connectivity index (χ0n) is 8.69. The number of hydrogen-bond acceptors (Lipinski definition) is 2. The molecule has 0 saturated carbocycles. The van der Waals surface area contributed by atoms with Gasteiger partial charge in [0.05, 0.1) is 0 Å². The first kappa shape index (κ1) is 11.1. The molecule has 0 spiro atoms. The fourth-order valence-corrected chi connectivity index (χ4v) is 1.27. The van der Waals surface area contributed by atoms with E-state index in [-0.39, 0.29) is 5.91 Å². The summed E-state index contributed by atoms with van der Waals surface area (Å²) in [5, 5.41) is 6.17. The summed E-state index contributed by atoms with van der Waals surface area (Å²) in [7, 11) is 0. The monoisotopic (exact) mass is 204 g/mol. The zero-order chi connectivity index (χ0) is 11.3. The van der Waals surface area contributed by atoms with Crippen LogP contribution in [0.15, 0.2) is 23.3 Å². The number of amides is 1. The summed E-state index contributed by atoms with van der Waals surface area (Å²) >= 11 is 0. The number of nitrogens with one attached hydrogen (secondary N) is 1. The van der Waals surface area contributed by atoms with E-state index in [0.29, 0.717) is 17.8 Å². The molecule has 78 valence electrons. The third-order valence-corrected chi connectivity index (χ3v) is 1.95. The third kappa shape index (κ3) is 2.72. The van der Waals surface area contributed by atoms with Crippen LogP contribution in [0.4, 0.5) is 5.69 Å². The molecule has 0 heterocycles. The van der Waals surface area contributed by atoms with Crippen molar-refractivity contribution in [3.63, 3.8) is 0 Å². The van der Waals surface area contributed by atoms with Gasteiger partial charge in [-0.2, -0.15) is 0 Å². The Hall–Kier alpha value is -2.00. The summed E-state index contributed by atoms with van der Waals surface area (Å²) < 4.78 is 0. The number of aryl methyl sites for hydroxylation is 1. The van der Waals surface area contributed by atoms with Gasteiger partial charge in [-0.05, 0) is 37.1 Å². The Morgan fingerprint density at radius 3 is 2.87 bits per heavy atom. The minimum atomic E-state index is -0.109. The summed E-state index contributed by atoms with van der Waals surface area (Å²) in [6.45, 7) is 4.26. The quantitative estimate of drug-likeness (QED) is 0.458. The van der Waals surface area contributed by atoms with Gasteiger partial charge in [-0.15, -0.1) is 0 Å². The molecule has 1 N–H and O–H groups in total. The number of carbonyl (C=O) groups excluding carboxylic acids is 1. The molecule has 0 fully saturated rings. The Morgan fingerprint density at radius 2 is 2.33 bits per heavy atom. The fraction of sp³-hybridized carbons (Fsp3) is 0.300. The summed E-state index contributed by atoms with van der Waals surface area (Å²) in [5.74, 6) is -0.109. The number of azide groups is 1.